The lowest BCUT2D eigenvalue weighted by Gasteiger charge is -2.14. The van der Waals surface area contributed by atoms with Gasteiger partial charge in [0.25, 0.3) is 0 Å². The van der Waals surface area contributed by atoms with E-state index in [1.807, 2.05) is 0 Å². The third kappa shape index (κ3) is 8.29. The fourth-order valence-electron chi connectivity index (χ4n) is 1.86. The molecule has 0 rings (SSSR count). The zero-order chi connectivity index (χ0) is 10.1. The van der Waals surface area contributed by atoms with Gasteiger partial charge in [-0.25, -0.2) is 0 Å². The van der Waals surface area contributed by atoms with Crippen LogP contribution < -0.4 is 5.32 Å². The fraction of sp³-hybridized carbons (Fsp3) is 1.00. The van der Waals surface area contributed by atoms with Crippen LogP contribution in [0.15, 0.2) is 0 Å². The molecule has 0 aliphatic heterocycles. The van der Waals surface area contributed by atoms with Gasteiger partial charge in [0.2, 0.25) is 0 Å². The highest BCUT2D eigenvalue weighted by atomic mass is 14.9. The van der Waals surface area contributed by atoms with E-state index in [4.69, 9.17) is 0 Å². The highest BCUT2D eigenvalue weighted by molar-refractivity contribution is 4.60. The quantitative estimate of drug-likeness (QED) is 0.609. The molecule has 0 aliphatic carbocycles. The van der Waals surface area contributed by atoms with Crippen LogP contribution in [0.25, 0.3) is 0 Å². The predicted octanol–water partition coefficient (Wildman–Crippen LogP) is 3.59. The Morgan fingerprint density at radius 2 is 1.69 bits per heavy atom. The SMILES string of the molecule is CCCC(C)CCCC(C)NCC. The van der Waals surface area contributed by atoms with Crippen molar-refractivity contribution in [1.29, 1.82) is 0 Å². The monoisotopic (exact) mass is 185 g/mol. The van der Waals surface area contributed by atoms with Crippen LogP contribution in [0.4, 0.5) is 0 Å². The summed E-state index contributed by atoms with van der Waals surface area (Å²) in [4.78, 5) is 0. The van der Waals surface area contributed by atoms with E-state index in [-0.39, 0.29) is 0 Å². The fourth-order valence-corrected chi connectivity index (χ4v) is 1.86. The second-order valence-corrected chi connectivity index (χ2v) is 4.28. The lowest BCUT2D eigenvalue weighted by atomic mass is 9.98. The summed E-state index contributed by atoms with van der Waals surface area (Å²) in [5.41, 5.74) is 0. The molecule has 0 spiro atoms. The Kier molecular flexibility index (Phi) is 8.53. The molecule has 0 bridgehead atoms. The van der Waals surface area contributed by atoms with Gasteiger partial charge in [0.15, 0.2) is 0 Å². The summed E-state index contributed by atoms with van der Waals surface area (Å²) in [5, 5.41) is 3.45. The minimum atomic E-state index is 0.707. The Labute approximate surface area is 84.3 Å². The molecule has 0 aromatic heterocycles. The van der Waals surface area contributed by atoms with Crippen LogP contribution in [0.2, 0.25) is 0 Å². The molecule has 1 heteroatoms. The molecule has 2 unspecified atom stereocenters. The summed E-state index contributed by atoms with van der Waals surface area (Å²) in [5.74, 6) is 0.929. The summed E-state index contributed by atoms with van der Waals surface area (Å²) < 4.78 is 0. The van der Waals surface area contributed by atoms with Gasteiger partial charge in [0, 0.05) is 6.04 Å². The van der Waals surface area contributed by atoms with Gasteiger partial charge in [-0.2, -0.15) is 0 Å². The maximum absolute atomic E-state index is 3.45. The molecule has 0 amide bonds. The van der Waals surface area contributed by atoms with Crippen LogP contribution in [-0.2, 0) is 0 Å². The van der Waals surface area contributed by atoms with Crippen molar-refractivity contribution in [1.82, 2.24) is 5.32 Å². The lowest BCUT2D eigenvalue weighted by molar-refractivity contribution is 0.428. The molecule has 1 N–H and O–H groups in total. The molecule has 1 nitrogen and oxygen atoms in total. The summed E-state index contributed by atoms with van der Waals surface area (Å²) in [6.07, 6.45) is 6.86. The van der Waals surface area contributed by atoms with Gasteiger partial charge in [-0.1, -0.05) is 46.5 Å². The molecule has 0 aliphatic rings. The lowest BCUT2D eigenvalue weighted by Crippen LogP contribution is -2.25. The molecular weight excluding hydrogens is 158 g/mol. The van der Waals surface area contributed by atoms with Crippen LogP contribution in [0.1, 0.15) is 59.8 Å². The largest absolute Gasteiger partial charge is 0.315 e. The van der Waals surface area contributed by atoms with Crippen LogP contribution in [0.3, 0.4) is 0 Å². The Morgan fingerprint density at radius 3 is 2.23 bits per heavy atom. The van der Waals surface area contributed by atoms with Crippen LogP contribution in [0.5, 0.6) is 0 Å². The summed E-state index contributed by atoms with van der Waals surface area (Å²) in [7, 11) is 0. The van der Waals surface area contributed by atoms with Crippen molar-refractivity contribution < 1.29 is 0 Å². The highest BCUT2D eigenvalue weighted by Gasteiger charge is 2.03. The third-order valence-electron chi connectivity index (χ3n) is 2.67. The Balaban J connectivity index is 3.23. The minimum absolute atomic E-state index is 0.707. The van der Waals surface area contributed by atoms with Crippen molar-refractivity contribution in [2.24, 2.45) is 5.92 Å². The molecule has 0 aromatic rings. The van der Waals surface area contributed by atoms with E-state index in [0.717, 1.165) is 12.5 Å². The van der Waals surface area contributed by atoms with Crippen LogP contribution in [0, 0.1) is 5.92 Å². The van der Waals surface area contributed by atoms with Crippen LogP contribution >= 0.6 is 0 Å². The van der Waals surface area contributed by atoms with Gasteiger partial charge in [-0.3, -0.25) is 0 Å². The smallest absolute Gasteiger partial charge is 0.00386 e. The van der Waals surface area contributed by atoms with E-state index >= 15 is 0 Å². The normalized spacial score (nSPS) is 15.7. The molecule has 0 radical (unpaired) electrons. The summed E-state index contributed by atoms with van der Waals surface area (Å²) in [6, 6.07) is 0.707. The predicted molar refractivity (Wildman–Crippen MR) is 61.1 cm³/mol. The second-order valence-electron chi connectivity index (χ2n) is 4.28. The van der Waals surface area contributed by atoms with Gasteiger partial charge in [0.1, 0.15) is 0 Å². The maximum Gasteiger partial charge on any atom is 0.00386 e. The number of nitrogens with one attached hydrogen (secondary N) is 1. The molecule has 2 atom stereocenters. The number of hydrogen-bond acceptors (Lipinski definition) is 1. The van der Waals surface area contributed by atoms with Crippen molar-refractivity contribution in [2.45, 2.75) is 65.8 Å². The molecule has 0 fully saturated rings. The molecule has 80 valence electrons. The van der Waals surface area contributed by atoms with Crippen molar-refractivity contribution in [3.63, 3.8) is 0 Å². The first-order valence-corrected chi connectivity index (χ1v) is 5.94. The Morgan fingerprint density at radius 1 is 1.00 bits per heavy atom. The van der Waals surface area contributed by atoms with Crippen molar-refractivity contribution in [2.75, 3.05) is 6.54 Å². The molecule has 0 heterocycles. The van der Waals surface area contributed by atoms with E-state index in [1.165, 1.54) is 32.1 Å². The highest BCUT2D eigenvalue weighted by Crippen LogP contribution is 2.14. The average Bonchev–Trinajstić information content (AvgIpc) is 2.05. The van der Waals surface area contributed by atoms with Crippen molar-refractivity contribution >= 4 is 0 Å². The maximum atomic E-state index is 3.45. The first kappa shape index (κ1) is 13.0. The molecule has 0 saturated heterocycles. The molecule has 0 saturated carbocycles. The van der Waals surface area contributed by atoms with Crippen molar-refractivity contribution in [3.05, 3.63) is 0 Å². The standard InChI is InChI=1S/C12H27N/c1-5-8-11(3)9-7-10-12(4)13-6-2/h11-13H,5-10H2,1-4H3. The van der Waals surface area contributed by atoms with Gasteiger partial charge in [0.05, 0.1) is 0 Å². The van der Waals surface area contributed by atoms with E-state index in [0.29, 0.717) is 6.04 Å². The number of rotatable bonds is 8. The minimum Gasteiger partial charge on any atom is -0.315 e. The Hall–Kier alpha value is -0.0400. The van der Waals surface area contributed by atoms with Gasteiger partial charge >= 0.3 is 0 Å². The van der Waals surface area contributed by atoms with E-state index < -0.39 is 0 Å². The molecular formula is C12H27N. The molecule has 13 heavy (non-hydrogen) atoms. The zero-order valence-corrected chi connectivity index (χ0v) is 9.90. The number of hydrogen-bond donors (Lipinski definition) is 1. The first-order chi connectivity index (χ1) is 6.20. The van der Waals surface area contributed by atoms with Crippen LogP contribution in [-0.4, -0.2) is 12.6 Å². The third-order valence-corrected chi connectivity index (χ3v) is 2.67. The topological polar surface area (TPSA) is 12.0 Å². The summed E-state index contributed by atoms with van der Waals surface area (Å²) >= 11 is 0. The van der Waals surface area contributed by atoms with Gasteiger partial charge < -0.3 is 5.32 Å². The van der Waals surface area contributed by atoms with Gasteiger partial charge in [-0.05, 0) is 25.8 Å². The van der Waals surface area contributed by atoms with E-state index in [1.54, 1.807) is 0 Å². The second kappa shape index (κ2) is 8.55. The zero-order valence-electron chi connectivity index (χ0n) is 9.90. The van der Waals surface area contributed by atoms with E-state index in [9.17, 15) is 0 Å². The first-order valence-electron chi connectivity index (χ1n) is 5.94. The Bertz CT molecular complexity index is 89.3. The molecule has 0 aromatic carbocycles. The average molecular weight is 185 g/mol. The van der Waals surface area contributed by atoms with Crippen molar-refractivity contribution in [3.8, 4) is 0 Å². The van der Waals surface area contributed by atoms with Gasteiger partial charge in [-0.15, -0.1) is 0 Å². The summed E-state index contributed by atoms with van der Waals surface area (Å²) in [6.45, 7) is 10.2. The van der Waals surface area contributed by atoms with E-state index in [2.05, 4.69) is 33.0 Å².